The minimum Gasteiger partial charge on any atom is -0.325 e. The fraction of sp³-hybridized carbons (Fsp3) is 0.278. The molecule has 0 saturated heterocycles. The van der Waals surface area contributed by atoms with E-state index in [0.717, 1.165) is 11.4 Å². The van der Waals surface area contributed by atoms with Crippen LogP contribution in [0.25, 0.3) is 5.69 Å². The van der Waals surface area contributed by atoms with Gasteiger partial charge in [-0.25, -0.2) is 9.67 Å². The minimum absolute atomic E-state index is 0.170. The number of hydrogen-bond donors (Lipinski definition) is 2. The third-order valence-electron chi connectivity index (χ3n) is 3.73. The average Bonchev–Trinajstić information content (AvgIpc) is 3.21. The van der Waals surface area contributed by atoms with Gasteiger partial charge in [0, 0.05) is 28.4 Å². The summed E-state index contributed by atoms with van der Waals surface area (Å²) in [4.78, 5) is 16.8. The van der Waals surface area contributed by atoms with E-state index >= 15 is 0 Å². The van der Waals surface area contributed by atoms with Crippen LogP contribution in [0.1, 0.15) is 42.0 Å². The number of aromatic nitrogens is 3. The van der Waals surface area contributed by atoms with Crippen molar-refractivity contribution in [2.45, 2.75) is 32.7 Å². The molecule has 0 aliphatic carbocycles. The molecule has 6 nitrogen and oxygen atoms in total. The molecule has 26 heavy (non-hydrogen) atoms. The zero-order valence-corrected chi connectivity index (χ0v) is 16.4. The number of amides is 1. The summed E-state index contributed by atoms with van der Waals surface area (Å²) in [5.74, 6) is 0.258. The summed E-state index contributed by atoms with van der Waals surface area (Å²) >= 11 is 7.48. The topological polar surface area (TPSA) is 85.8 Å². The highest BCUT2D eigenvalue weighted by Crippen LogP contribution is 2.27. The van der Waals surface area contributed by atoms with Crippen LogP contribution in [0.2, 0.25) is 5.02 Å². The van der Waals surface area contributed by atoms with Crippen LogP contribution < -0.4 is 11.1 Å². The van der Waals surface area contributed by atoms with Gasteiger partial charge in [-0.15, -0.1) is 11.3 Å². The summed E-state index contributed by atoms with van der Waals surface area (Å²) in [6.07, 6.45) is 0. The smallest absolute Gasteiger partial charge is 0.276 e. The molecule has 1 amide bonds. The number of nitrogens with zero attached hydrogens (tertiary/aromatic N) is 3. The van der Waals surface area contributed by atoms with Crippen LogP contribution in [0, 0.1) is 0 Å². The Kier molecular flexibility index (Phi) is 5.13. The van der Waals surface area contributed by atoms with E-state index in [2.05, 4.69) is 36.2 Å². The summed E-state index contributed by atoms with van der Waals surface area (Å²) in [6, 6.07) is 9.19. The zero-order chi connectivity index (χ0) is 18.9. The van der Waals surface area contributed by atoms with Crippen LogP contribution in [0.3, 0.4) is 0 Å². The molecule has 0 spiro atoms. The maximum absolute atomic E-state index is 12.6. The molecule has 0 atom stereocenters. The van der Waals surface area contributed by atoms with Gasteiger partial charge in [-0.3, -0.25) is 4.79 Å². The van der Waals surface area contributed by atoms with Gasteiger partial charge in [0.15, 0.2) is 0 Å². The molecule has 0 radical (unpaired) electrons. The Morgan fingerprint density at radius 1 is 1.35 bits per heavy atom. The highest BCUT2D eigenvalue weighted by Gasteiger charge is 2.22. The second-order valence-electron chi connectivity index (χ2n) is 6.84. The van der Waals surface area contributed by atoms with E-state index in [9.17, 15) is 4.79 Å². The van der Waals surface area contributed by atoms with Crippen molar-refractivity contribution >= 4 is 34.7 Å². The normalized spacial score (nSPS) is 11.6. The van der Waals surface area contributed by atoms with E-state index in [1.54, 1.807) is 22.2 Å². The SMILES string of the molecule is CC(C)(C)c1cc(NC(=O)c2csc(CN)n2)n(-c2cccc(Cl)c2)n1. The second-order valence-corrected chi connectivity index (χ2v) is 8.22. The lowest BCUT2D eigenvalue weighted by atomic mass is 9.92. The molecule has 2 heterocycles. The van der Waals surface area contributed by atoms with Gasteiger partial charge in [0.25, 0.3) is 5.91 Å². The molecule has 0 aliphatic rings. The Balaban J connectivity index is 1.99. The molecule has 8 heteroatoms. The number of carbonyl (C=O) groups excluding carboxylic acids is 1. The van der Waals surface area contributed by atoms with Crippen molar-refractivity contribution in [2.75, 3.05) is 5.32 Å². The van der Waals surface area contributed by atoms with Gasteiger partial charge in [0.1, 0.15) is 16.5 Å². The molecule has 0 saturated carbocycles. The van der Waals surface area contributed by atoms with E-state index in [1.807, 2.05) is 18.2 Å². The van der Waals surface area contributed by atoms with Crippen molar-refractivity contribution in [3.05, 3.63) is 57.1 Å². The van der Waals surface area contributed by atoms with Gasteiger partial charge >= 0.3 is 0 Å². The number of carbonyl (C=O) groups is 1. The predicted molar refractivity (Wildman–Crippen MR) is 105 cm³/mol. The number of nitrogens with one attached hydrogen (secondary N) is 1. The number of anilines is 1. The van der Waals surface area contributed by atoms with E-state index in [4.69, 9.17) is 17.3 Å². The Labute approximate surface area is 161 Å². The quantitative estimate of drug-likeness (QED) is 0.706. The Bertz CT molecular complexity index is 941. The molecule has 136 valence electrons. The first-order valence-electron chi connectivity index (χ1n) is 8.10. The molecule has 0 bridgehead atoms. The number of hydrogen-bond acceptors (Lipinski definition) is 5. The van der Waals surface area contributed by atoms with Crippen LogP contribution in [-0.4, -0.2) is 20.7 Å². The van der Waals surface area contributed by atoms with Crippen LogP contribution in [0.5, 0.6) is 0 Å². The maximum Gasteiger partial charge on any atom is 0.276 e. The van der Waals surface area contributed by atoms with Crippen molar-refractivity contribution in [2.24, 2.45) is 5.73 Å². The zero-order valence-electron chi connectivity index (χ0n) is 14.8. The van der Waals surface area contributed by atoms with E-state index < -0.39 is 0 Å². The van der Waals surface area contributed by atoms with Crippen molar-refractivity contribution < 1.29 is 4.79 Å². The fourth-order valence-corrected chi connectivity index (χ4v) is 3.17. The van der Waals surface area contributed by atoms with Crippen LogP contribution in [0.4, 0.5) is 5.82 Å². The van der Waals surface area contributed by atoms with Gasteiger partial charge in [0.05, 0.1) is 11.4 Å². The highest BCUT2D eigenvalue weighted by molar-refractivity contribution is 7.09. The number of halogens is 1. The van der Waals surface area contributed by atoms with E-state index in [-0.39, 0.29) is 11.3 Å². The lowest BCUT2D eigenvalue weighted by Gasteiger charge is -2.14. The van der Waals surface area contributed by atoms with Gasteiger partial charge in [-0.1, -0.05) is 38.4 Å². The van der Waals surface area contributed by atoms with Crippen LogP contribution >= 0.6 is 22.9 Å². The predicted octanol–water partition coefficient (Wildman–Crippen LogP) is 3.99. The van der Waals surface area contributed by atoms with Gasteiger partial charge in [0.2, 0.25) is 0 Å². The molecular formula is C18H20ClN5OS. The van der Waals surface area contributed by atoms with Gasteiger partial charge < -0.3 is 11.1 Å². The molecular weight excluding hydrogens is 370 g/mol. The van der Waals surface area contributed by atoms with Gasteiger partial charge in [-0.2, -0.15) is 5.10 Å². The van der Waals surface area contributed by atoms with Crippen molar-refractivity contribution in [1.29, 1.82) is 0 Å². The third-order valence-corrected chi connectivity index (χ3v) is 4.84. The second kappa shape index (κ2) is 7.19. The lowest BCUT2D eigenvalue weighted by molar-refractivity contribution is 0.102. The Hall–Kier alpha value is -2.22. The molecule has 0 fully saturated rings. The molecule has 2 aromatic heterocycles. The molecule has 3 rings (SSSR count). The van der Waals surface area contributed by atoms with Crippen molar-refractivity contribution in [1.82, 2.24) is 14.8 Å². The van der Waals surface area contributed by atoms with E-state index in [1.165, 1.54) is 11.3 Å². The first-order valence-corrected chi connectivity index (χ1v) is 9.36. The summed E-state index contributed by atoms with van der Waals surface area (Å²) in [5, 5.41) is 10.6. The largest absolute Gasteiger partial charge is 0.325 e. The van der Waals surface area contributed by atoms with Crippen LogP contribution in [0.15, 0.2) is 35.7 Å². The first kappa shape index (κ1) is 18.6. The lowest BCUT2D eigenvalue weighted by Crippen LogP contribution is -2.16. The maximum atomic E-state index is 12.6. The fourth-order valence-electron chi connectivity index (χ4n) is 2.33. The highest BCUT2D eigenvalue weighted by atomic mass is 35.5. The number of thiazole rings is 1. The Morgan fingerprint density at radius 2 is 2.12 bits per heavy atom. The van der Waals surface area contributed by atoms with E-state index in [0.29, 0.717) is 28.1 Å². The number of benzene rings is 1. The van der Waals surface area contributed by atoms with Crippen LogP contribution in [-0.2, 0) is 12.0 Å². The monoisotopic (exact) mass is 389 g/mol. The Morgan fingerprint density at radius 3 is 2.73 bits per heavy atom. The number of nitrogens with two attached hydrogens (primary N) is 1. The summed E-state index contributed by atoms with van der Waals surface area (Å²) in [6.45, 7) is 6.51. The third kappa shape index (κ3) is 3.95. The van der Waals surface area contributed by atoms with Gasteiger partial charge in [-0.05, 0) is 18.2 Å². The summed E-state index contributed by atoms with van der Waals surface area (Å²) < 4.78 is 1.68. The molecule has 0 aliphatic heterocycles. The summed E-state index contributed by atoms with van der Waals surface area (Å²) in [7, 11) is 0. The minimum atomic E-state index is -0.301. The van der Waals surface area contributed by atoms with Crippen molar-refractivity contribution in [3.63, 3.8) is 0 Å². The molecule has 3 N–H and O–H groups in total. The molecule has 1 aromatic carbocycles. The number of rotatable bonds is 4. The first-order chi connectivity index (χ1) is 12.3. The average molecular weight is 390 g/mol. The molecule has 3 aromatic rings. The molecule has 0 unspecified atom stereocenters. The summed E-state index contributed by atoms with van der Waals surface area (Å²) in [5.41, 5.74) is 7.36. The van der Waals surface area contributed by atoms with Crippen molar-refractivity contribution in [3.8, 4) is 5.69 Å². The standard InChI is InChI=1S/C18H20ClN5OS/c1-18(2,3)14-8-15(22-17(25)13-10-26-16(9-20)21-13)24(23-14)12-6-4-5-11(19)7-12/h4-8,10H,9,20H2,1-3H3,(H,22,25).